The molecule has 0 aliphatic heterocycles. The van der Waals surface area contributed by atoms with Crippen molar-refractivity contribution < 1.29 is 0 Å². The van der Waals surface area contributed by atoms with Crippen LogP contribution in [0.1, 0.15) is 52.4 Å². The van der Waals surface area contributed by atoms with E-state index >= 15 is 0 Å². The highest BCUT2D eigenvalue weighted by atomic mass is 14.8. The summed E-state index contributed by atoms with van der Waals surface area (Å²) >= 11 is 0. The van der Waals surface area contributed by atoms with Crippen molar-refractivity contribution in [1.29, 1.82) is 0 Å². The summed E-state index contributed by atoms with van der Waals surface area (Å²) < 4.78 is 0. The molecule has 0 unspecified atom stereocenters. The molecule has 0 bridgehead atoms. The summed E-state index contributed by atoms with van der Waals surface area (Å²) in [5.41, 5.74) is 0. The standard InChI is InChI=1S/C11H23N/c1-3-5-7-9-11-12-10-8-6-4-2/h8,10,12H,3-7,9,11H2,1-2H3/b10-8+. The zero-order valence-corrected chi connectivity index (χ0v) is 8.60. The first-order chi connectivity index (χ1) is 5.91. The van der Waals surface area contributed by atoms with Crippen LogP contribution in [0.5, 0.6) is 0 Å². The van der Waals surface area contributed by atoms with Gasteiger partial charge >= 0.3 is 0 Å². The van der Waals surface area contributed by atoms with E-state index in [0.29, 0.717) is 0 Å². The molecule has 0 heterocycles. The Balaban J connectivity index is 2.90. The number of unbranched alkanes of at least 4 members (excludes halogenated alkanes) is 4. The quantitative estimate of drug-likeness (QED) is 0.549. The molecular formula is C11H23N. The maximum Gasteiger partial charge on any atom is 0.0141 e. The first kappa shape index (κ1) is 11.5. The Morgan fingerprint density at radius 1 is 1.00 bits per heavy atom. The summed E-state index contributed by atoms with van der Waals surface area (Å²) in [6.07, 6.45) is 12.1. The number of nitrogens with one attached hydrogen (secondary N) is 1. The van der Waals surface area contributed by atoms with E-state index in [1.165, 1.54) is 38.5 Å². The lowest BCUT2D eigenvalue weighted by molar-refractivity contribution is 0.645. The van der Waals surface area contributed by atoms with Gasteiger partial charge in [0, 0.05) is 6.54 Å². The summed E-state index contributed by atoms with van der Waals surface area (Å²) in [5, 5.41) is 3.30. The van der Waals surface area contributed by atoms with Gasteiger partial charge in [0.25, 0.3) is 0 Å². The van der Waals surface area contributed by atoms with Gasteiger partial charge in [-0.25, -0.2) is 0 Å². The minimum Gasteiger partial charge on any atom is -0.391 e. The molecule has 0 atom stereocenters. The van der Waals surface area contributed by atoms with Gasteiger partial charge in [-0.05, 0) is 19.0 Å². The Labute approximate surface area is 77.2 Å². The minimum absolute atomic E-state index is 1.14. The maximum atomic E-state index is 3.30. The van der Waals surface area contributed by atoms with E-state index in [2.05, 4.69) is 31.4 Å². The molecule has 0 aromatic carbocycles. The Kier molecular flexibility index (Phi) is 10.1. The summed E-state index contributed by atoms with van der Waals surface area (Å²) in [5.74, 6) is 0. The molecule has 0 radical (unpaired) electrons. The fourth-order valence-corrected chi connectivity index (χ4v) is 1.07. The lowest BCUT2D eigenvalue weighted by Gasteiger charge is -1.99. The maximum absolute atomic E-state index is 3.30. The third-order valence-corrected chi connectivity index (χ3v) is 1.87. The second kappa shape index (κ2) is 10.5. The van der Waals surface area contributed by atoms with Crippen molar-refractivity contribution in [3.05, 3.63) is 12.3 Å². The molecule has 0 spiro atoms. The van der Waals surface area contributed by atoms with Gasteiger partial charge in [-0.15, -0.1) is 0 Å². The topological polar surface area (TPSA) is 12.0 Å². The van der Waals surface area contributed by atoms with E-state index in [0.717, 1.165) is 6.54 Å². The zero-order chi connectivity index (χ0) is 9.07. The van der Waals surface area contributed by atoms with Crippen molar-refractivity contribution >= 4 is 0 Å². The molecule has 0 saturated carbocycles. The van der Waals surface area contributed by atoms with Crippen molar-refractivity contribution in [2.75, 3.05) is 6.54 Å². The second-order valence-corrected chi connectivity index (χ2v) is 3.21. The molecule has 0 aromatic heterocycles. The summed E-state index contributed by atoms with van der Waals surface area (Å²) in [6.45, 7) is 5.58. The average Bonchev–Trinajstić information content (AvgIpc) is 2.10. The predicted octanol–water partition coefficient (Wildman–Crippen LogP) is 3.47. The fraction of sp³-hybridized carbons (Fsp3) is 0.818. The van der Waals surface area contributed by atoms with E-state index in [4.69, 9.17) is 0 Å². The lowest BCUT2D eigenvalue weighted by Crippen LogP contribution is -2.06. The highest BCUT2D eigenvalue weighted by Crippen LogP contribution is 1.96. The Bertz CT molecular complexity index is 97.2. The van der Waals surface area contributed by atoms with Gasteiger partial charge < -0.3 is 5.32 Å². The molecule has 1 N–H and O–H groups in total. The predicted molar refractivity (Wildman–Crippen MR) is 56.2 cm³/mol. The van der Waals surface area contributed by atoms with Crippen LogP contribution in [0.25, 0.3) is 0 Å². The second-order valence-electron chi connectivity index (χ2n) is 3.21. The van der Waals surface area contributed by atoms with Crippen LogP contribution in [0.15, 0.2) is 12.3 Å². The van der Waals surface area contributed by atoms with Gasteiger partial charge in [0.2, 0.25) is 0 Å². The zero-order valence-electron chi connectivity index (χ0n) is 8.60. The molecule has 1 nitrogen and oxygen atoms in total. The first-order valence-electron chi connectivity index (χ1n) is 5.30. The smallest absolute Gasteiger partial charge is 0.0141 e. The van der Waals surface area contributed by atoms with Gasteiger partial charge in [-0.1, -0.05) is 45.6 Å². The average molecular weight is 169 g/mol. The van der Waals surface area contributed by atoms with Gasteiger partial charge in [0.05, 0.1) is 0 Å². The molecule has 12 heavy (non-hydrogen) atoms. The fourth-order valence-electron chi connectivity index (χ4n) is 1.07. The molecule has 1 heteroatoms. The van der Waals surface area contributed by atoms with Crippen LogP contribution in [-0.2, 0) is 0 Å². The summed E-state index contributed by atoms with van der Waals surface area (Å²) in [4.78, 5) is 0. The van der Waals surface area contributed by atoms with E-state index in [1.54, 1.807) is 0 Å². The Hall–Kier alpha value is -0.460. The normalized spacial score (nSPS) is 10.8. The highest BCUT2D eigenvalue weighted by Gasteiger charge is 1.84. The van der Waals surface area contributed by atoms with Gasteiger partial charge in [-0.2, -0.15) is 0 Å². The van der Waals surface area contributed by atoms with Crippen LogP contribution < -0.4 is 5.32 Å². The highest BCUT2D eigenvalue weighted by molar-refractivity contribution is 4.78. The Morgan fingerprint density at radius 3 is 2.50 bits per heavy atom. The number of hydrogen-bond donors (Lipinski definition) is 1. The molecule has 0 aliphatic carbocycles. The summed E-state index contributed by atoms with van der Waals surface area (Å²) in [7, 11) is 0. The van der Waals surface area contributed by atoms with Crippen LogP contribution in [0, 0.1) is 0 Å². The molecule has 0 aromatic rings. The van der Waals surface area contributed by atoms with Crippen LogP contribution in [-0.4, -0.2) is 6.54 Å². The molecule has 0 aliphatic rings. The minimum atomic E-state index is 1.14. The van der Waals surface area contributed by atoms with Crippen molar-refractivity contribution in [1.82, 2.24) is 5.32 Å². The molecule has 72 valence electrons. The van der Waals surface area contributed by atoms with Gasteiger partial charge in [-0.3, -0.25) is 0 Å². The van der Waals surface area contributed by atoms with Crippen LogP contribution in [0.3, 0.4) is 0 Å². The van der Waals surface area contributed by atoms with Crippen molar-refractivity contribution in [2.45, 2.75) is 52.4 Å². The monoisotopic (exact) mass is 169 g/mol. The molecule has 0 saturated heterocycles. The van der Waals surface area contributed by atoms with E-state index in [-0.39, 0.29) is 0 Å². The first-order valence-corrected chi connectivity index (χ1v) is 5.30. The SMILES string of the molecule is CCC/C=C/NCCCCCC. The molecule has 0 fully saturated rings. The van der Waals surface area contributed by atoms with Crippen LogP contribution in [0.2, 0.25) is 0 Å². The van der Waals surface area contributed by atoms with Crippen molar-refractivity contribution in [2.24, 2.45) is 0 Å². The van der Waals surface area contributed by atoms with Crippen LogP contribution in [0.4, 0.5) is 0 Å². The van der Waals surface area contributed by atoms with Crippen molar-refractivity contribution in [3.8, 4) is 0 Å². The third-order valence-electron chi connectivity index (χ3n) is 1.87. The van der Waals surface area contributed by atoms with Crippen molar-refractivity contribution in [3.63, 3.8) is 0 Å². The lowest BCUT2D eigenvalue weighted by atomic mass is 10.2. The Morgan fingerprint density at radius 2 is 1.83 bits per heavy atom. The number of allylic oxidation sites excluding steroid dienone is 1. The van der Waals surface area contributed by atoms with Gasteiger partial charge in [0.1, 0.15) is 0 Å². The van der Waals surface area contributed by atoms with E-state index in [9.17, 15) is 0 Å². The molecular weight excluding hydrogens is 146 g/mol. The molecule has 0 amide bonds. The van der Waals surface area contributed by atoms with Gasteiger partial charge in [0.15, 0.2) is 0 Å². The van der Waals surface area contributed by atoms with E-state index in [1.807, 2.05) is 0 Å². The largest absolute Gasteiger partial charge is 0.391 e. The van der Waals surface area contributed by atoms with E-state index < -0.39 is 0 Å². The number of hydrogen-bond acceptors (Lipinski definition) is 1. The number of rotatable bonds is 8. The molecule has 0 rings (SSSR count). The summed E-state index contributed by atoms with van der Waals surface area (Å²) in [6, 6.07) is 0. The van der Waals surface area contributed by atoms with Crippen LogP contribution >= 0.6 is 0 Å². The third kappa shape index (κ3) is 9.54.